The molecule has 0 spiro atoms. The number of anilines is 1. The largest absolute Gasteiger partial charge is 0.366 e. The van der Waals surface area contributed by atoms with E-state index in [1.54, 1.807) is 0 Å². The number of amides is 3. The van der Waals surface area contributed by atoms with E-state index >= 15 is 0 Å². The molecule has 0 aromatic heterocycles. The number of hydrazone groups is 1. The van der Waals surface area contributed by atoms with Crippen LogP contribution >= 0.6 is 11.6 Å². The molecule has 0 unspecified atom stereocenters. The van der Waals surface area contributed by atoms with Crippen LogP contribution in [0.25, 0.3) is 0 Å². The Morgan fingerprint density at radius 1 is 1.35 bits per heavy atom. The number of nitrogens with two attached hydrogens (primary N) is 1. The smallest absolute Gasteiger partial charge is 0.271 e. The van der Waals surface area contributed by atoms with E-state index in [9.17, 15) is 14.4 Å². The summed E-state index contributed by atoms with van der Waals surface area (Å²) in [5.74, 6) is -1.36. The van der Waals surface area contributed by atoms with Crippen LogP contribution in [-0.2, 0) is 9.59 Å². The number of halogens is 1. The van der Waals surface area contributed by atoms with Gasteiger partial charge < -0.3 is 11.1 Å². The van der Waals surface area contributed by atoms with Crippen LogP contribution < -0.4 is 16.5 Å². The Morgan fingerprint density at radius 3 is 2.70 bits per heavy atom. The zero-order chi connectivity index (χ0) is 14.7. The number of hydrogen-bond donors (Lipinski definition) is 3. The van der Waals surface area contributed by atoms with Gasteiger partial charge >= 0.3 is 0 Å². The number of benzene rings is 1. The second-order valence-corrected chi connectivity index (χ2v) is 4.51. The summed E-state index contributed by atoms with van der Waals surface area (Å²) in [4.78, 5) is 34.0. The number of rotatable bonds is 3. The normalized spacial score (nSPS) is 14.2. The summed E-state index contributed by atoms with van der Waals surface area (Å²) in [6, 6.07) is 4.30. The van der Waals surface area contributed by atoms with Gasteiger partial charge in [0.2, 0.25) is 11.8 Å². The minimum atomic E-state index is -0.626. The van der Waals surface area contributed by atoms with Gasteiger partial charge in [0.15, 0.2) is 0 Å². The van der Waals surface area contributed by atoms with Gasteiger partial charge in [0.05, 0.1) is 10.7 Å². The fraction of sp³-hybridized carbons (Fsp3) is 0.167. The van der Waals surface area contributed by atoms with Crippen LogP contribution in [-0.4, -0.2) is 23.4 Å². The number of primary amides is 1. The molecule has 0 fully saturated rings. The van der Waals surface area contributed by atoms with Gasteiger partial charge in [-0.15, -0.1) is 0 Å². The SMILES string of the molecule is NC(=O)c1ccc(Cl)c(NC(=O)C2=NNC(=O)CC2)c1. The molecule has 1 aromatic carbocycles. The standard InChI is InChI=1S/C12H11ClN4O3/c13-7-2-1-6(11(14)19)5-9(7)15-12(20)8-3-4-10(18)17-16-8/h1-2,5H,3-4H2,(H2,14,19)(H,15,20)(H,17,18). The van der Waals surface area contributed by atoms with Crippen LogP contribution in [0.4, 0.5) is 5.69 Å². The van der Waals surface area contributed by atoms with Gasteiger partial charge in [0, 0.05) is 18.4 Å². The maximum Gasteiger partial charge on any atom is 0.271 e. The zero-order valence-corrected chi connectivity index (χ0v) is 11.0. The summed E-state index contributed by atoms with van der Waals surface area (Å²) in [5, 5.41) is 6.46. The van der Waals surface area contributed by atoms with E-state index in [1.165, 1.54) is 18.2 Å². The van der Waals surface area contributed by atoms with Crippen molar-refractivity contribution >= 4 is 40.7 Å². The molecule has 0 aliphatic carbocycles. The molecular weight excluding hydrogens is 284 g/mol. The summed E-state index contributed by atoms with van der Waals surface area (Å²) in [5.41, 5.74) is 8.05. The first-order valence-electron chi connectivity index (χ1n) is 5.73. The van der Waals surface area contributed by atoms with Crippen molar-refractivity contribution in [2.24, 2.45) is 10.8 Å². The fourth-order valence-corrected chi connectivity index (χ4v) is 1.77. The lowest BCUT2D eigenvalue weighted by Gasteiger charge is -2.13. The molecule has 0 atom stereocenters. The van der Waals surface area contributed by atoms with E-state index in [0.29, 0.717) is 0 Å². The first-order valence-corrected chi connectivity index (χ1v) is 6.11. The molecule has 3 amide bonds. The van der Waals surface area contributed by atoms with Crippen molar-refractivity contribution < 1.29 is 14.4 Å². The van der Waals surface area contributed by atoms with E-state index in [2.05, 4.69) is 15.8 Å². The summed E-state index contributed by atoms with van der Waals surface area (Å²) in [7, 11) is 0. The highest BCUT2D eigenvalue weighted by Crippen LogP contribution is 2.23. The topological polar surface area (TPSA) is 114 Å². The summed E-state index contributed by atoms with van der Waals surface area (Å²) in [6.07, 6.45) is 0.437. The summed E-state index contributed by atoms with van der Waals surface area (Å²) < 4.78 is 0. The fourth-order valence-electron chi connectivity index (χ4n) is 1.61. The number of hydrogen-bond acceptors (Lipinski definition) is 4. The van der Waals surface area contributed by atoms with Crippen molar-refractivity contribution in [3.8, 4) is 0 Å². The molecule has 7 nitrogen and oxygen atoms in total. The van der Waals surface area contributed by atoms with Crippen molar-refractivity contribution in [2.45, 2.75) is 12.8 Å². The molecule has 1 aliphatic heterocycles. The van der Waals surface area contributed by atoms with Crippen LogP contribution in [0.1, 0.15) is 23.2 Å². The molecule has 1 heterocycles. The highest BCUT2D eigenvalue weighted by Gasteiger charge is 2.19. The molecular formula is C12H11ClN4O3. The maximum absolute atomic E-state index is 11.9. The number of carbonyl (C=O) groups is 3. The third-order valence-electron chi connectivity index (χ3n) is 2.67. The van der Waals surface area contributed by atoms with Crippen LogP contribution in [0.2, 0.25) is 5.02 Å². The Morgan fingerprint density at radius 2 is 2.10 bits per heavy atom. The number of nitrogens with one attached hydrogen (secondary N) is 2. The third kappa shape index (κ3) is 3.12. The number of nitrogens with zero attached hydrogens (tertiary/aromatic N) is 1. The summed E-state index contributed by atoms with van der Waals surface area (Å²) >= 11 is 5.93. The monoisotopic (exact) mass is 294 g/mol. The second-order valence-electron chi connectivity index (χ2n) is 4.11. The van der Waals surface area contributed by atoms with Gasteiger partial charge in [-0.1, -0.05) is 11.6 Å². The Labute approximate surface area is 119 Å². The average molecular weight is 295 g/mol. The molecule has 0 bridgehead atoms. The minimum absolute atomic E-state index is 0.185. The van der Waals surface area contributed by atoms with E-state index in [-0.39, 0.29) is 40.7 Å². The quantitative estimate of drug-likeness (QED) is 0.760. The second kappa shape index (κ2) is 5.70. The van der Waals surface area contributed by atoms with Crippen molar-refractivity contribution in [3.63, 3.8) is 0 Å². The zero-order valence-electron chi connectivity index (χ0n) is 10.3. The Hall–Kier alpha value is -2.41. The van der Waals surface area contributed by atoms with E-state index in [4.69, 9.17) is 17.3 Å². The van der Waals surface area contributed by atoms with Gasteiger partial charge in [-0.2, -0.15) is 5.10 Å². The lowest BCUT2D eigenvalue weighted by molar-refractivity contribution is -0.121. The van der Waals surface area contributed by atoms with E-state index in [0.717, 1.165) is 0 Å². The highest BCUT2D eigenvalue weighted by molar-refractivity contribution is 6.44. The van der Waals surface area contributed by atoms with E-state index < -0.39 is 11.8 Å². The molecule has 2 rings (SSSR count). The lowest BCUT2D eigenvalue weighted by Crippen LogP contribution is -2.32. The number of carbonyl (C=O) groups excluding carboxylic acids is 3. The van der Waals surface area contributed by atoms with Crippen molar-refractivity contribution in [2.75, 3.05) is 5.32 Å². The van der Waals surface area contributed by atoms with Gasteiger partial charge in [0.25, 0.3) is 5.91 Å². The molecule has 104 valence electrons. The predicted molar refractivity (Wildman–Crippen MR) is 73.4 cm³/mol. The van der Waals surface area contributed by atoms with Crippen LogP contribution in [0, 0.1) is 0 Å². The first kappa shape index (κ1) is 14.0. The Kier molecular flexibility index (Phi) is 3.99. The molecule has 1 aliphatic rings. The summed E-state index contributed by atoms with van der Waals surface area (Å²) in [6.45, 7) is 0. The Bertz CT molecular complexity index is 627. The van der Waals surface area contributed by atoms with Gasteiger partial charge in [-0.3, -0.25) is 14.4 Å². The van der Waals surface area contributed by atoms with Crippen LogP contribution in [0.15, 0.2) is 23.3 Å². The first-order chi connectivity index (χ1) is 9.47. The highest BCUT2D eigenvalue weighted by atomic mass is 35.5. The van der Waals surface area contributed by atoms with E-state index in [1.807, 2.05) is 0 Å². The van der Waals surface area contributed by atoms with Gasteiger partial charge in [0.1, 0.15) is 5.71 Å². The van der Waals surface area contributed by atoms with Crippen LogP contribution in [0.5, 0.6) is 0 Å². The average Bonchev–Trinajstić information content (AvgIpc) is 2.41. The Balaban J connectivity index is 2.17. The van der Waals surface area contributed by atoms with Gasteiger partial charge in [-0.05, 0) is 18.2 Å². The molecule has 8 heteroatoms. The molecule has 4 N–H and O–H groups in total. The minimum Gasteiger partial charge on any atom is -0.366 e. The molecule has 0 saturated carbocycles. The molecule has 1 aromatic rings. The lowest BCUT2D eigenvalue weighted by atomic mass is 10.1. The van der Waals surface area contributed by atoms with Gasteiger partial charge in [-0.25, -0.2) is 5.43 Å². The molecule has 0 radical (unpaired) electrons. The maximum atomic E-state index is 11.9. The predicted octanol–water partition coefficient (Wildman–Crippen LogP) is 0.643. The third-order valence-corrected chi connectivity index (χ3v) is 3.00. The van der Waals surface area contributed by atoms with Crippen molar-refractivity contribution in [1.29, 1.82) is 0 Å². The van der Waals surface area contributed by atoms with Crippen LogP contribution in [0.3, 0.4) is 0 Å². The van der Waals surface area contributed by atoms with Crippen molar-refractivity contribution in [1.82, 2.24) is 5.43 Å². The molecule has 20 heavy (non-hydrogen) atoms. The molecule has 0 saturated heterocycles. The van der Waals surface area contributed by atoms with Crippen molar-refractivity contribution in [3.05, 3.63) is 28.8 Å².